The molecule has 118 valence electrons. The van der Waals surface area contributed by atoms with Gasteiger partial charge in [0, 0.05) is 28.4 Å². The highest BCUT2D eigenvalue weighted by molar-refractivity contribution is 6.31. The zero-order valence-electron chi connectivity index (χ0n) is 13.1. The van der Waals surface area contributed by atoms with Crippen LogP contribution < -0.4 is 0 Å². The molecule has 0 saturated heterocycles. The van der Waals surface area contributed by atoms with Gasteiger partial charge >= 0.3 is 6.09 Å². The second kappa shape index (κ2) is 5.66. The molecule has 0 aliphatic rings. The first-order valence-electron chi connectivity index (χ1n) is 7.15. The van der Waals surface area contributed by atoms with Crippen molar-refractivity contribution in [3.63, 3.8) is 0 Å². The average Bonchev–Trinajstić information content (AvgIpc) is 2.85. The molecule has 0 radical (unpaired) electrons. The minimum atomic E-state index is -0.600. The van der Waals surface area contributed by atoms with Gasteiger partial charge in [-0.3, -0.25) is 0 Å². The van der Waals surface area contributed by atoms with Crippen molar-refractivity contribution in [1.82, 2.24) is 14.5 Å². The second-order valence-corrected chi connectivity index (χ2v) is 6.61. The van der Waals surface area contributed by atoms with Crippen molar-refractivity contribution in [1.29, 1.82) is 0 Å². The Hall–Kier alpha value is -2.40. The number of aromatic nitrogens is 3. The minimum Gasteiger partial charge on any atom is -0.443 e. The van der Waals surface area contributed by atoms with Gasteiger partial charge in [0.05, 0.1) is 11.2 Å². The second-order valence-electron chi connectivity index (χ2n) is 6.18. The predicted octanol–water partition coefficient (Wildman–Crippen LogP) is 4.53. The van der Waals surface area contributed by atoms with Crippen LogP contribution in [0.1, 0.15) is 20.8 Å². The molecular weight excluding hydrogens is 314 g/mol. The first-order valence-corrected chi connectivity index (χ1v) is 7.53. The normalized spacial score (nSPS) is 11.7. The third-order valence-electron chi connectivity index (χ3n) is 3.20. The van der Waals surface area contributed by atoms with Gasteiger partial charge in [0.15, 0.2) is 0 Å². The summed E-state index contributed by atoms with van der Waals surface area (Å²) in [6, 6.07) is 7.29. The number of nitrogens with zero attached hydrogens (tertiary/aromatic N) is 3. The lowest BCUT2D eigenvalue weighted by Crippen LogP contribution is -2.27. The summed E-state index contributed by atoms with van der Waals surface area (Å²) in [6.07, 6.45) is 4.29. The smallest absolute Gasteiger partial charge is 0.419 e. The van der Waals surface area contributed by atoms with Crippen LogP contribution >= 0.6 is 11.6 Å². The van der Waals surface area contributed by atoms with Gasteiger partial charge < -0.3 is 4.74 Å². The van der Waals surface area contributed by atoms with Crippen molar-refractivity contribution in [2.45, 2.75) is 26.4 Å². The SMILES string of the molecule is CC(C)(C)OC(=O)n1c(-c2cncnc2)cc2ccc(Cl)cc21. The number of hydrogen-bond donors (Lipinski definition) is 0. The maximum atomic E-state index is 12.7. The highest BCUT2D eigenvalue weighted by Crippen LogP contribution is 2.30. The molecule has 0 fully saturated rings. The summed E-state index contributed by atoms with van der Waals surface area (Å²) in [5.41, 5.74) is 1.48. The number of hydrogen-bond acceptors (Lipinski definition) is 4. The summed E-state index contributed by atoms with van der Waals surface area (Å²) in [5.74, 6) is 0. The first-order chi connectivity index (χ1) is 10.8. The van der Waals surface area contributed by atoms with Gasteiger partial charge in [-0.25, -0.2) is 19.3 Å². The molecule has 0 spiro atoms. The van der Waals surface area contributed by atoms with Gasteiger partial charge in [-0.1, -0.05) is 17.7 Å². The molecule has 23 heavy (non-hydrogen) atoms. The van der Waals surface area contributed by atoms with Gasteiger partial charge in [-0.05, 0) is 39.0 Å². The van der Waals surface area contributed by atoms with Gasteiger partial charge in [0.2, 0.25) is 0 Å². The van der Waals surface area contributed by atoms with Crippen LogP contribution in [0.2, 0.25) is 5.02 Å². The zero-order chi connectivity index (χ0) is 16.6. The van der Waals surface area contributed by atoms with E-state index >= 15 is 0 Å². The van der Waals surface area contributed by atoms with Crippen LogP contribution in [-0.4, -0.2) is 26.2 Å². The van der Waals surface area contributed by atoms with E-state index in [-0.39, 0.29) is 0 Å². The van der Waals surface area contributed by atoms with Gasteiger partial charge in [0.25, 0.3) is 0 Å². The highest BCUT2D eigenvalue weighted by Gasteiger charge is 2.23. The predicted molar refractivity (Wildman–Crippen MR) is 89.6 cm³/mol. The molecule has 3 rings (SSSR count). The third-order valence-corrected chi connectivity index (χ3v) is 3.43. The number of rotatable bonds is 1. The minimum absolute atomic E-state index is 0.464. The molecular formula is C17H16ClN3O2. The summed E-state index contributed by atoms with van der Waals surface area (Å²) in [4.78, 5) is 20.7. The Labute approximate surface area is 138 Å². The number of benzene rings is 1. The molecule has 2 aromatic heterocycles. The Morgan fingerprint density at radius 2 is 1.87 bits per heavy atom. The summed E-state index contributed by atoms with van der Waals surface area (Å²) < 4.78 is 7.04. The van der Waals surface area contributed by atoms with Crippen LogP contribution in [0.5, 0.6) is 0 Å². The molecule has 1 aromatic carbocycles. The molecule has 0 N–H and O–H groups in total. The largest absolute Gasteiger partial charge is 0.443 e. The standard InChI is InChI=1S/C17H16ClN3O2/c1-17(2,3)23-16(22)21-14(12-8-19-10-20-9-12)6-11-4-5-13(18)7-15(11)21/h4-10H,1-3H3. The third kappa shape index (κ3) is 3.19. The van der Waals surface area contributed by atoms with E-state index in [1.54, 1.807) is 24.5 Å². The molecule has 0 aliphatic heterocycles. The van der Waals surface area contributed by atoms with E-state index in [0.29, 0.717) is 16.2 Å². The van der Waals surface area contributed by atoms with Crippen LogP contribution in [0.3, 0.4) is 0 Å². The van der Waals surface area contributed by atoms with Crippen LogP contribution in [-0.2, 0) is 4.74 Å². The quantitative estimate of drug-likeness (QED) is 0.658. The summed E-state index contributed by atoms with van der Waals surface area (Å²) in [5, 5.41) is 1.44. The lowest BCUT2D eigenvalue weighted by Gasteiger charge is -2.21. The fraction of sp³-hybridized carbons (Fsp3) is 0.235. The van der Waals surface area contributed by atoms with Crippen molar-refractivity contribution < 1.29 is 9.53 Å². The Morgan fingerprint density at radius 3 is 2.52 bits per heavy atom. The van der Waals surface area contributed by atoms with Crippen molar-refractivity contribution in [3.05, 3.63) is 48.0 Å². The zero-order valence-corrected chi connectivity index (χ0v) is 13.8. The van der Waals surface area contributed by atoms with E-state index in [1.807, 2.05) is 32.9 Å². The monoisotopic (exact) mass is 329 g/mol. The van der Waals surface area contributed by atoms with Crippen LogP contribution in [0, 0.1) is 0 Å². The lowest BCUT2D eigenvalue weighted by atomic mass is 10.2. The molecule has 3 aromatic rings. The van der Waals surface area contributed by atoms with Gasteiger partial charge in [0.1, 0.15) is 11.9 Å². The first kappa shape index (κ1) is 15.5. The number of ether oxygens (including phenoxy) is 1. The van der Waals surface area contributed by atoms with Crippen molar-refractivity contribution in [2.75, 3.05) is 0 Å². The fourth-order valence-electron chi connectivity index (χ4n) is 2.32. The maximum Gasteiger partial charge on any atom is 0.419 e. The Morgan fingerprint density at radius 1 is 1.17 bits per heavy atom. The summed E-state index contributed by atoms with van der Waals surface area (Å²) >= 11 is 6.09. The van der Waals surface area contributed by atoms with E-state index in [0.717, 1.165) is 10.9 Å². The topological polar surface area (TPSA) is 57.0 Å². The van der Waals surface area contributed by atoms with Crippen molar-refractivity contribution >= 4 is 28.6 Å². The molecule has 2 heterocycles. The molecule has 6 heteroatoms. The van der Waals surface area contributed by atoms with Crippen molar-refractivity contribution in [2.24, 2.45) is 0 Å². The van der Waals surface area contributed by atoms with Gasteiger partial charge in [-0.2, -0.15) is 0 Å². The van der Waals surface area contributed by atoms with Crippen molar-refractivity contribution in [3.8, 4) is 11.3 Å². The van der Waals surface area contributed by atoms with Crippen LogP contribution in [0.15, 0.2) is 43.0 Å². The van der Waals surface area contributed by atoms with E-state index in [9.17, 15) is 4.79 Å². The number of fused-ring (bicyclic) bond motifs is 1. The van der Waals surface area contributed by atoms with Crippen LogP contribution in [0.4, 0.5) is 4.79 Å². The average molecular weight is 330 g/mol. The molecule has 0 amide bonds. The molecule has 0 aliphatic carbocycles. The number of carbonyl (C=O) groups is 1. The Bertz CT molecular complexity index is 867. The number of carbonyl (C=O) groups excluding carboxylic acids is 1. The fourth-order valence-corrected chi connectivity index (χ4v) is 2.49. The maximum absolute atomic E-state index is 12.7. The van der Waals surface area contributed by atoms with E-state index in [4.69, 9.17) is 16.3 Å². The van der Waals surface area contributed by atoms with E-state index in [1.165, 1.54) is 10.9 Å². The van der Waals surface area contributed by atoms with Crippen LogP contribution in [0.25, 0.3) is 22.2 Å². The molecule has 0 atom stereocenters. The van der Waals surface area contributed by atoms with E-state index < -0.39 is 11.7 Å². The Balaban J connectivity index is 2.23. The van der Waals surface area contributed by atoms with Gasteiger partial charge in [-0.15, -0.1) is 0 Å². The molecule has 0 unspecified atom stereocenters. The highest BCUT2D eigenvalue weighted by atomic mass is 35.5. The van der Waals surface area contributed by atoms with E-state index in [2.05, 4.69) is 9.97 Å². The number of halogens is 1. The lowest BCUT2D eigenvalue weighted by molar-refractivity contribution is 0.0547. The Kier molecular flexibility index (Phi) is 3.82. The molecule has 0 bridgehead atoms. The summed E-state index contributed by atoms with van der Waals surface area (Å²) in [6.45, 7) is 5.48. The molecule has 5 nitrogen and oxygen atoms in total. The summed E-state index contributed by atoms with van der Waals surface area (Å²) in [7, 11) is 0. The molecule has 0 saturated carbocycles.